The van der Waals surface area contributed by atoms with Crippen molar-refractivity contribution in [3.63, 3.8) is 0 Å². The Morgan fingerprint density at radius 2 is 1.77 bits per heavy atom. The van der Waals surface area contributed by atoms with Gasteiger partial charge in [-0.2, -0.15) is 0 Å². The number of hydrogen-bond donors (Lipinski definition) is 2. The Kier molecular flexibility index (Phi) is 6.12. The first kappa shape index (κ1) is 21.4. The molecule has 0 bridgehead atoms. The van der Waals surface area contributed by atoms with Gasteiger partial charge in [0.25, 0.3) is 15.9 Å². The van der Waals surface area contributed by atoms with E-state index < -0.39 is 16.1 Å². The number of nitrogens with one attached hydrogen (secondary N) is 2. The summed E-state index contributed by atoms with van der Waals surface area (Å²) in [6.45, 7) is 7.17. The third-order valence-corrected chi connectivity index (χ3v) is 5.69. The molecular formula is C21H23N3O5S. The van der Waals surface area contributed by atoms with Crippen LogP contribution in [0.25, 0.3) is 0 Å². The Bertz CT molecular complexity index is 1150. The van der Waals surface area contributed by atoms with Crippen LogP contribution in [0, 0.1) is 20.8 Å². The molecule has 0 aliphatic carbocycles. The molecule has 0 aliphatic rings. The fourth-order valence-corrected chi connectivity index (χ4v) is 3.63. The maximum atomic E-state index is 12.5. The Balaban J connectivity index is 1.64. The van der Waals surface area contributed by atoms with Crippen LogP contribution in [0.2, 0.25) is 0 Å². The molecule has 2 N–H and O–H groups in total. The van der Waals surface area contributed by atoms with Crippen molar-refractivity contribution in [2.24, 2.45) is 0 Å². The SMILES string of the molecule is Cc1ccc(C)c(OC(C)C(=O)Nc2ccc(S(=O)(=O)Nc3cc(C)on3)cc2)c1. The molecule has 1 aromatic heterocycles. The van der Waals surface area contributed by atoms with Crippen molar-refractivity contribution in [1.82, 2.24) is 5.16 Å². The molecule has 9 heteroatoms. The van der Waals surface area contributed by atoms with Gasteiger partial charge in [-0.05, 0) is 69.2 Å². The van der Waals surface area contributed by atoms with E-state index >= 15 is 0 Å². The molecule has 3 aromatic rings. The van der Waals surface area contributed by atoms with E-state index in [-0.39, 0.29) is 16.6 Å². The zero-order chi connectivity index (χ0) is 21.9. The number of benzene rings is 2. The second-order valence-corrected chi connectivity index (χ2v) is 8.65. The number of ether oxygens (including phenoxy) is 1. The van der Waals surface area contributed by atoms with Crippen molar-refractivity contribution in [2.75, 3.05) is 10.0 Å². The van der Waals surface area contributed by atoms with Crippen molar-refractivity contribution in [3.8, 4) is 5.75 Å². The number of carbonyl (C=O) groups is 1. The van der Waals surface area contributed by atoms with Gasteiger partial charge in [-0.25, -0.2) is 8.42 Å². The van der Waals surface area contributed by atoms with Gasteiger partial charge in [0.05, 0.1) is 4.90 Å². The lowest BCUT2D eigenvalue weighted by atomic mass is 10.1. The van der Waals surface area contributed by atoms with Gasteiger partial charge in [-0.1, -0.05) is 17.3 Å². The van der Waals surface area contributed by atoms with Gasteiger partial charge in [0.15, 0.2) is 11.9 Å². The van der Waals surface area contributed by atoms with Gasteiger partial charge >= 0.3 is 0 Å². The van der Waals surface area contributed by atoms with Crippen LogP contribution < -0.4 is 14.8 Å². The average molecular weight is 429 g/mol. The highest BCUT2D eigenvalue weighted by Gasteiger charge is 2.18. The monoisotopic (exact) mass is 429 g/mol. The summed E-state index contributed by atoms with van der Waals surface area (Å²) in [6, 6.07) is 13.0. The zero-order valence-electron chi connectivity index (χ0n) is 17.1. The number of rotatable bonds is 7. The highest BCUT2D eigenvalue weighted by molar-refractivity contribution is 7.92. The van der Waals surface area contributed by atoms with Gasteiger partial charge in [0, 0.05) is 11.8 Å². The maximum Gasteiger partial charge on any atom is 0.265 e. The van der Waals surface area contributed by atoms with Gasteiger partial charge < -0.3 is 14.6 Å². The summed E-state index contributed by atoms with van der Waals surface area (Å²) in [7, 11) is -3.82. The van der Waals surface area contributed by atoms with Crippen LogP contribution >= 0.6 is 0 Å². The van der Waals surface area contributed by atoms with Crippen LogP contribution in [-0.4, -0.2) is 25.6 Å². The van der Waals surface area contributed by atoms with E-state index in [1.807, 2.05) is 32.0 Å². The largest absolute Gasteiger partial charge is 0.481 e. The second kappa shape index (κ2) is 8.58. The minimum absolute atomic E-state index is 0.0286. The van der Waals surface area contributed by atoms with Crippen molar-refractivity contribution >= 4 is 27.4 Å². The topological polar surface area (TPSA) is 111 Å². The molecule has 1 unspecified atom stereocenters. The summed E-state index contributed by atoms with van der Waals surface area (Å²) in [4.78, 5) is 12.5. The van der Waals surface area contributed by atoms with Crippen LogP contribution in [0.15, 0.2) is 57.9 Å². The molecular weight excluding hydrogens is 406 g/mol. The van der Waals surface area contributed by atoms with Crippen LogP contribution in [0.5, 0.6) is 5.75 Å². The summed E-state index contributed by atoms with van der Waals surface area (Å²) in [5.41, 5.74) is 2.42. The lowest BCUT2D eigenvalue weighted by Crippen LogP contribution is -2.30. The predicted molar refractivity (Wildman–Crippen MR) is 113 cm³/mol. The fourth-order valence-electron chi connectivity index (χ4n) is 2.65. The van der Waals surface area contributed by atoms with E-state index in [9.17, 15) is 13.2 Å². The molecule has 0 aliphatic heterocycles. The van der Waals surface area contributed by atoms with E-state index in [0.717, 1.165) is 11.1 Å². The predicted octanol–water partition coefficient (Wildman–Crippen LogP) is 3.81. The molecule has 1 heterocycles. The van der Waals surface area contributed by atoms with E-state index in [4.69, 9.17) is 9.26 Å². The smallest absolute Gasteiger partial charge is 0.265 e. The molecule has 0 fully saturated rings. The molecule has 0 saturated carbocycles. The van der Waals surface area contributed by atoms with Gasteiger partial charge in [-0.3, -0.25) is 9.52 Å². The van der Waals surface area contributed by atoms with Crippen LogP contribution in [0.3, 0.4) is 0 Å². The number of aryl methyl sites for hydroxylation is 3. The molecule has 30 heavy (non-hydrogen) atoms. The Labute approximate surface area is 175 Å². The highest BCUT2D eigenvalue weighted by Crippen LogP contribution is 2.22. The molecule has 0 radical (unpaired) electrons. The Morgan fingerprint density at radius 1 is 1.07 bits per heavy atom. The molecule has 158 valence electrons. The number of carbonyl (C=O) groups excluding carboxylic acids is 1. The number of sulfonamides is 1. The van der Waals surface area contributed by atoms with Crippen LogP contribution in [-0.2, 0) is 14.8 Å². The second-order valence-electron chi connectivity index (χ2n) is 6.97. The fraction of sp³-hybridized carbons (Fsp3) is 0.238. The quantitative estimate of drug-likeness (QED) is 0.591. The summed E-state index contributed by atoms with van der Waals surface area (Å²) in [6.07, 6.45) is -0.731. The molecule has 3 rings (SSSR count). The van der Waals surface area contributed by atoms with Gasteiger partial charge in [0.1, 0.15) is 11.5 Å². The minimum atomic E-state index is -3.82. The minimum Gasteiger partial charge on any atom is -0.481 e. The zero-order valence-corrected chi connectivity index (χ0v) is 17.9. The first-order chi connectivity index (χ1) is 14.1. The number of aromatic nitrogens is 1. The molecule has 0 saturated heterocycles. The van der Waals surface area contributed by atoms with E-state index in [0.29, 0.717) is 17.2 Å². The number of hydrogen-bond acceptors (Lipinski definition) is 6. The normalized spacial score (nSPS) is 12.3. The molecule has 1 amide bonds. The maximum absolute atomic E-state index is 12.5. The van der Waals surface area contributed by atoms with Crippen LogP contribution in [0.4, 0.5) is 11.5 Å². The van der Waals surface area contributed by atoms with Crippen molar-refractivity contribution in [1.29, 1.82) is 0 Å². The summed E-state index contributed by atoms with van der Waals surface area (Å²) in [5.74, 6) is 0.890. The lowest BCUT2D eigenvalue weighted by molar-refractivity contribution is -0.122. The molecule has 8 nitrogen and oxygen atoms in total. The molecule has 0 spiro atoms. The van der Waals surface area contributed by atoms with Crippen molar-refractivity contribution in [3.05, 3.63) is 65.4 Å². The third-order valence-electron chi connectivity index (χ3n) is 4.32. The van der Waals surface area contributed by atoms with Crippen molar-refractivity contribution < 1.29 is 22.5 Å². The van der Waals surface area contributed by atoms with Gasteiger partial charge in [0.2, 0.25) is 0 Å². The number of anilines is 2. The number of nitrogens with zero attached hydrogens (tertiary/aromatic N) is 1. The van der Waals surface area contributed by atoms with Crippen molar-refractivity contribution in [2.45, 2.75) is 38.7 Å². The standard InChI is InChI=1S/C21H23N3O5S/c1-13-5-6-14(2)19(11-13)28-16(4)21(25)22-17-7-9-18(10-8-17)30(26,27)24-20-12-15(3)29-23-20/h5-12,16H,1-4H3,(H,22,25)(H,23,24). The first-order valence-electron chi connectivity index (χ1n) is 9.25. The highest BCUT2D eigenvalue weighted by atomic mass is 32.2. The van der Waals surface area contributed by atoms with E-state index in [1.54, 1.807) is 13.8 Å². The van der Waals surface area contributed by atoms with E-state index in [1.165, 1.54) is 30.3 Å². The summed E-state index contributed by atoms with van der Waals surface area (Å²) < 4.78 is 37.8. The average Bonchev–Trinajstić information content (AvgIpc) is 3.09. The van der Waals surface area contributed by atoms with Crippen LogP contribution in [0.1, 0.15) is 23.8 Å². The lowest BCUT2D eigenvalue weighted by Gasteiger charge is -2.17. The number of amides is 1. The van der Waals surface area contributed by atoms with Gasteiger partial charge in [-0.15, -0.1) is 0 Å². The molecule has 2 aromatic carbocycles. The third kappa shape index (κ3) is 5.18. The molecule has 1 atom stereocenters. The summed E-state index contributed by atoms with van der Waals surface area (Å²) in [5, 5.41) is 6.33. The summed E-state index contributed by atoms with van der Waals surface area (Å²) >= 11 is 0. The Morgan fingerprint density at radius 3 is 2.40 bits per heavy atom. The Hall–Kier alpha value is -3.33. The van der Waals surface area contributed by atoms with E-state index in [2.05, 4.69) is 15.2 Å². The first-order valence-corrected chi connectivity index (χ1v) is 10.7.